The molecule has 0 unspecified atom stereocenters. The van der Waals surface area contributed by atoms with Gasteiger partial charge in [0.25, 0.3) is 5.91 Å². The van der Waals surface area contributed by atoms with Crippen molar-refractivity contribution >= 4 is 5.91 Å². The molecule has 0 saturated carbocycles. The highest BCUT2D eigenvalue weighted by Crippen LogP contribution is 2.31. The first kappa shape index (κ1) is 20.2. The number of carbonyl (C=O) groups excluding carboxylic acids is 1. The van der Waals surface area contributed by atoms with Crippen molar-refractivity contribution < 1.29 is 14.3 Å². The number of methoxy groups -OCH3 is 2. The van der Waals surface area contributed by atoms with Gasteiger partial charge in [0.1, 0.15) is 0 Å². The summed E-state index contributed by atoms with van der Waals surface area (Å²) in [4.78, 5) is 17.4. The Hall–Kier alpha value is -2.54. The van der Waals surface area contributed by atoms with E-state index < -0.39 is 0 Å². The Morgan fingerprint density at radius 1 is 1.07 bits per heavy atom. The van der Waals surface area contributed by atoms with Crippen LogP contribution in [0.5, 0.6) is 11.5 Å². The van der Waals surface area contributed by atoms with E-state index in [9.17, 15) is 4.79 Å². The molecular formula is C21H30N4O3. The fourth-order valence-corrected chi connectivity index (χ4v) is 3.76. The van der Waals surface area contributed by atoms with Crippen LogP contribution in [-0.2, 0) is 6.54 Å². The van der Waals surface area contributed by atoms with Gasteiger partial charge >= 0.3 is 0 Å². The number of carbonyl (C=O) groups is 1. The first-order valence-corrected chi connectivity index (χ1v) is 9.77. The van der Waals surface area contributed by atoms with Gasteiger partial charge in [-0.15, -0.1) is 0 Å². The van der Waals surface area contributed by atoms with Crippen LogP contribution in [0.3, 0.4) is 0 Å². The summed E-state index contributed by atoms with van der Waals surface area (Å²) in [7, 11) is 3.15. The maximum absolute atomic E-state index is 13.1. The van der Waals surface area contributed by atoms with Crippen molar-refractivity contribution in [3.63, 3.8) is 0 Å². The normalized spacial score (nSPS) is 15.4. The smallest absolute Gasteiger partial charge is 0.257 e. The highest BCUT2D eigenvalue weighted by Gasteiger charge is 2.24. The van der Waals surface area contributed by atoms with Crippen molar-refractivity contribution in [3.05, 3.63) is 41.2 Å². The summed E-state index contributed by atoms with van der Waals surface area (Å²) < 4.78 is 12.8. The van der Waals surface area contributed by atoms with Crippen molar-refractivity contribution in [1.29, 1.82) is 0 Å². The summed E-state index contributed by atoms with van der Waals surface area (Å²) in [6.07, 6.45) is 0.954. The third-order valence-corrected chi connectivity index (χ3v) is 5.24. The molecule has 0 radical (unpaired) electrons. The van der Waals surface area contributed by atoms with Crippen LogP contribution in [0.1, 0.15) is 28.2 Å². The molecule has 3 rings (SSSR count). The summed E-state index contributed by atoms with van der Waals surface area (Å²) in [5, 5.41) is 4.54. The molecule has 1 aromatic carbocycles. The third kappa shape index (κ3) is 4.47. The molecular weight excluding hydrogens is 356 g/mol. The molecule has 1 aliphatic heterocycles. The van der Waals surface area contributed by atoms with E-state index in [2.05, 4.69) is 27.7 Å². The largest absolute Gasteiger partial charge is 0.493 e. The minimum absolute atomic E-state index is 0.00357. The molecule has 0 atom stereocenters. The van der Waals surface area contributed by atoms with Gasteiger partial charge in [-0.25, -0.2) is 0 Å². The number of hydrogen-bond donors (Lipinski definition) is 0. The van der Waals surface area contributed by atoms with Gasteiger partial charge in [-0.3, -0.25) is 14.4 Å². The number of aromatic nitrogens is 2. The second-order valence-electron chi connectivity index (χ2n) is 7.18. The van der Waals surface area contributed by atoms with Crippen LogP contribution in [0.15, 0.2) is 24.3 Å². The standard InChI is InChI=1S/C21H30N4O3/c1-16-15-17(2)25(22-16)14-12-23-9-6-10-24(13-11-23)21(26)18-7-5-8-19(27-3)20(18)28-4/h5,7-8,15H,6,9-14H2,1-4H3. The average molecular weight is 386 g/mol. The van der Waals surface area contributed by atoms with E-state index in [1.54, 1.807) is 26.4 Å². The Labute approximate surface area is 166 Å². The van der Waals surface area contributed by atoms with Gasteiger partial charge in [-0.1, -0.05) is 6.07 Å². The van der Waals surface area contributed by atoms with Gasteiger partial charge in [0, 0.05) is 31.9 Å². The number of hydrogen-bond acceptors (Lipinski definition) is 5. The Balaban J connectivity index is 1.62. The summed E-state index contributed by atoms with van der Waals surface area (Å²) in [5.74, 6) is 1.08. The van der Waals surface area contributed by atoms with E-state index in [1.165, 1.54) is 5.69 Å². The Morgan fingerprint density at radius 3 is 2.57 bits per heavy atom. The number of nitrogens with zero attached hydrogens (tertiary/aromatic N) is 4. The molecule has 2 heterocycles. The molecule has 28 heavy (non-hydrogen) atoms. The van der Waals surface area contributed by atoms with Gasteiger partial charge in [-0.05, 0) is 45.0 Å². The molecule has 0 spiro atoms. The lowest BCUT2D eigenvalue weighted by atomic mass is 10.1. The second kappa shape index (κ2) is 9.10. The van der Waals surface area contributed by atoms with E-state index in [4.69, 9.17) is 9.47 Å². The second-order valence-corrected chi connectivity index (χ2v) is 7.18. The maximum Gasteiger partial charge on any atom is 0.257 e. The number of rotatable bonds is 6. The summed E-state index contributed by atoms with van der Waals surface area (Å²) in [6.45, 7) is 9.21. The summed E-state index contributed by atoms with van der Waals surface area (Å²) in [6, 6.07) is 7.53. The van der Waals surface area contributed by atoms with Crippen LogP contribution in [0.2, 0.25) is 0 Å². The van der Waals surface area contributed by atoms with Crippen molar-refractivity contribution in [1.82, 2.24) is 19.6 Å². The van der Waals surface area contributed by atoms with Crippen LogP contribution >= 0.6 is 0 Å². The minimum Gasteiger partial charge on any atom is -0.493 e. The highest BCUT2D eigenvalue weighted by atomic mass is 16.5. The number of ether oxygens (including phenoxy) is 2. The summed E-state index contributed by atoms with van der Waals surface area (Å²) >= 11 is 0. The predicted octanol–water partition coefficient (Wildman–Crippen LogP) is 2.37. The van der Waals surface area contributed by atoms with Gasteiger partial charge in [-0.2, -0.15) is 5.10 Å². The molecule has 0 N–H and O–H groups in total. The molecule has 1 saturated heterocycles. The zero-order valence-electron chi connectivity index (χ0n) is 17.3. The van der Waals surface area contributed by atoms with Crippen molar-refractivity contribution in [3.8, 4) is 11.5 Å². The molecule has 7 heteroatoms. The zero-order valence-corrected chi connectivity index (χ0v) is 17.3. The molecule has 1 aromatic heterocycles. The Kier molecular flexibility index (Phi) is 6.57. The van der Waals surface area contributed by atoms with Gasteiger partial charge in [0.05, 0.1) is 32.0 Å². The number of para-hydroxylation sites is 1. The van der Waals surface area contributed by atoms with Crippen LogP contribution in [0, 0.1) is 13.8 Å². The maximum atomic E-state index is 13.1. The van der Waals surface area contributed by atoms with Gasteiger partial charge in [0.15, 0.2) is 11.5 Å². The van der Waals surface area contributed by atoms with Crippen LogP contribution in [0.25, 0.3) is 0 Å². The lowest BCUT2D eigenvalue weighted by Gasteiger charge is -2.23. The lowest BCUT2D eigenvalue weighted by Crippen LogP contribution is -2.36. The molecule has 1 fully saturated rings. The van der Waals surface area contributed by atoms with E-state index in [-0.39, 0.29) is 5.91 Å². The van der Waals surface area contributed by atoms with E-state index >= 15 is 0 Å². The van der Waals surface area contributed by atoms with Crippen LogP contribution in [-0.4, -0.2) is 72.4 Å². The Bertz CT molecular complexity index is 818. The zero-order chi connectivity index (χ0) is 20.1. The minimum atomic E-state index is -0.00357. The fourth-order valence-electron chi connectivity index (χ4n) is 3.76. The third-order valence-electron chi connectivity index (χ3n) is 5.24. The van der Waals surface area contributed by atoms with Crippen LogP contribution in [0.4, 0.5) is 0 Å². The molecule has 0 bridgehead atoms. The molecule has 7 nitrogen and oxygen atoms in total. The predicted molar refractivity (Wildman–Crippen MR) is 108 cm³/mol. The van der Waals surface area contributed by atoms with Crippen molar-refractivity contribution in [2.24, 2.45) is 0 Å². The average Bonchev–Trinajstić information content (AvgIpc) is 2.89. The Morgan fingerprint density at radius 2 is 1.89 bits per heavy atom. The molecule has 152 valence electrons. The monoisotopic (exact) mass is 386 g/mol. The molecule has 2 aromatic rings. The molecule has 1 aliphatic rings. The number of aryl methyl sites for hydroxylation is 2. The summed E-state index contributed by atoms with van der Waals surface area (Å²) in [5.41, 5.74) is 2.80. The topological polar surface area (TPSA) is 59.8 Å². The van der Waals surface area contributed by atoms with Gasteiger partial charge in [0.2, 0.25) is 0 Å². The number of amides is 1. The fraction of sp³-hybridized carbons (Fsp3) is 0.524. The quantitative estimate of drug-likeness (QED) is 0.763. The van der Waals surface area contributed by atoms with E-state index in [0.717, 1.165) is 44.8 Å². The van der Waals surface area contributed by atoms with E-state index in [0.29, 0.717) is 23.6 Å². The van der Waals surface area contributed by atoms with Crippen LogP contribution < -0.4 is 9.47 Å². The van der Waals surface area contributed by atoms with E-state index in [1.807, 2.05) is 17.9 Å². The first-order valence-electron chi connectivity index (χ1n) is 9.77. The molecule has 1 amide bonds. The van der Waals surface area contributed by atoms with Crippen molar-refractivity contribution in [2.45, 2.75) is 26.8 Å². The molecule has 0 aliphatic carbocycles. The first-order chi connectivity index (χ1) is 13.5. The SMILES string of the molecule is COc1cccc(C(=O)N2CCCN(CCn3nc(C)cc3C)CC2)c1OC. The number of benzene rings is 1. The van der Waals surface area contributed by atoms with Gasteiger partial charge < -0.3 is 14.4 Å². The lowest BCUT2D eigenvalue weighted by molar-refractivity contribution is 0.0757. The van der Waals surface area contributed by atoms with Crippen molar-refractivity contribution in [2.75, 3.05) is 46.9 Å². The highest BCUT2D eigenvalue weighted by molar-refractivity contribution is 5.97.